The summed E-state index contributed by atoms with van der Waals surface area (Å²) in [6.45, 7) is 0. The summed E-state index contributed by atoms with van der Waals surface area (Å²) in [5, 5.41) is -1.02. The molecule has 1 rings (SSSR count). The number of benzene rings is 1. The smallest absolute Gasteiger partial charge is 0.272 e. The molecular weight excluding hydrogens is 200 g/mol. The lowest BCUT2D eigenvalue weighted by Gasteiger charge is -2.10. The molecular formula is C10H10O3S. The lowest BCUT2D eigenvalue weighted by atomic mass is 10.1. The molecule has 0 aliphatic heterocycles. The van der Waals surface area contributed by atoms with E-state index in [4.69, 9.17) is 11.0 Å². The van der Waals surface area contributed by atoms with E-state index in [9.17, 15) is 8.42 Å². The highest BCUT2D eigenvalue weighted by Crippen LogP contribution is 2.24. The highest BCUT2D eigenvalue weighted by Gasteiger charge is 2.23. The van der Waals surface area contributed by atoms with Gasteiger partial charge in [-0.2, -0.15) is 8.42 Å². The molecule has 74 valence electrons. The molecule has 0 saturated carbocycles. The van der Waals surface area contributed by atoms with Gasteiger partial charge in [-0.3, -0.25) is 4.55 Å². The van der Waals surface area contributed by atoms with Crippen LogP contribution in [0.15, 0.2) is 30.3 Å². The first-order valence-electron chi connectivity index (χ1n) is 4.00. The Morgan fingerprint density at radius 1 is 1.36 bits per heavy atom. The molecule has 1 unspecified atom stereocenters. The van der Waals surface area contributed by atoms with E-state index in [0.29, 0.717) is 5.56 Å². The lowest BCUT2D eigenvalue weighted by molar-refractivity contribution is 0.469. The standard InChI is InChI=1S/C10H10O3S/c1-2-6-10(14(11,12)13)9-7-4-3-5-8-9/h1,3-5,7-8,10H,6H2,(H,11,12,13). The van der Waals surface area contributed by atoms with Crippen LogP contribution in [0.1, 0.15) is 17.2 Å². The maximum Gasteiger partial charge on any atom is 0.272 e. The van der Waals surface area contributed by atoms with Gasteiger partial charge in [-0.1, -0.05) is 30.3 Å². The molecule has 0 saturated heterocycles. The van der Waals surface area contributed by atoms with E-state index in [2.05, 4.69) is 5.92 Å². The lowest BCUT2D eigenvalue weighted by Crippen LogP contribution is -2.11. The minimum absolute atomic E-state index is 0.0250. The molecule has 1 aromatic rings. The minimum atomic E-state index is -4.12. The van der Waals surface area contributed by atoms with Gasteiger partial charge < -0.3 is 0 Å². The first kappa shape index (κ1) is 10.8. The van der Waals surface area contributed by atoms with Crippen LogP contribution in [-0.2, 0) is 10.1 Å². The van der Waals surface area contributed by atoms with Crippen molar-refractivity contribution < 1.29 is 13.0 Å². The van der Waals surface area contributed by atoms with Gasteiger partial charge in [-0.05, 0) is 5.56 Å². The Kier molecular flexibility index (Phi) is 3.28. The second-order valence-corrected chi connectivity index (χ2v) is 4.42. The predicted octanol–water partition coefficient (Wildman–Crippen LogP) is 1.64. The third-order valence-corrected chi connectivity index (χ3v) is 2.99. The summed E-state index contributed by atoms with van der Waals surface area (Å²) in [7, 11) is -4.12. The average Bonchev–Trinajstić information content (AvgIpc) is 2.14. The number of rotatable bonds is 3. The van der Waals surface area contributed by atoms with Crippen LogP contribution in [0.25, 0.3) is 0 Å². The first-order chi connectivity index (χ1) is 6.55. The fraction of sp³-hybridized carbons (Fsp3) is 0.200. The van der Waals surface area contributed by atoms with Crippen molar-refractivity contribution >= 4 is 10.1 Å². The number of hydrogen-bond acceptors (Lipinski definition) is 2. The third kappa shape index (κ3) is 2.59. The van der Waals surface area contributed by atoms with Crippen molar-refractivity contribution in [2.75, 3.05) is 0 Å². The van der Waals surface area contributed by atoms with E-state index in [1.807, 2.05) is 0 Å². The summed E-state index contributed by atoms with van der Waals surface area (Å²) in [6, 6.07) is 8.40. The van der Waals surface area contributed by atoms with Crippen LogP contribution in [-0.4, -0.2) is 13.0 Å². The van der Waals surface area contributed by atoms with Gasteiger partial charge in [0, 0.05) is 6.42 Å². The zero-order chi connectivity index (χ0) is 10.6. The van der Waals surface area contributed by atoms with Crippen molar-refractivity contribution in [1.82, 2.24) is 0 Å². The maximum absolute atomic E-state index is 11.0. The van der Waals surface area contributed by atoms with E-state index in [-0.39, 0.29) is 6.42 Å². The van der Waals surface area contributed by atoms with E-state index in [0.717, 1.165) is 0 Å². The van der Waals surface area contributed by atoms with Gasteiger partial charge >= 0.3 is 0 Å². The molecule has 0 aromatic heterocycles. The molecule has 0 fully saturated rings. The fourth-order valence-corrected chi connectivity index (χ4v) is 1.98. The molecule has 0 heterocycles. The Bertz CT molecular complexity index is 428. The van der Waals surface area contributed by atoms with Crippen LogP contribution in [0.3, 0.4) is 0 Å². The molecule has 1 N–H and O–H groups in total. The number of hydrogen-bond donors (Lipinski definition) is 1. The summed E-state index contributed by atoms with van der Waals surface area (Å²) in [5.41, 5.74) is 0.507. The molecule has 0 spiro atoms. The van der Waals surface area contributed by atoms with E-state index in [1.54, 1.807) is 30.3 Å². The van der Waals surface area contributed by atoms with Gasteiger partial charge in [0.05, 0.1) is 0 Å². The second kappa shape index (κ2) is 4.27. The van der Waals surface area contributed by atoms with Crippen LogP contribution in [0.4, 0.5) is 0 Å². The molecule has 0 radical (unpaired) electrons. The SMILES string of the molecule is C#CCC(c1ccccc1)S(=O)(=O)O. The monoisotopic (exact) mass is 210 g/mol. The van der Waals surface area contributed by atoms with Crippen molar-refractivity contribution in [3.8, 4) is 12.3 Å². The quantitative estimate of drug-likeness (QED) is 0.609. The molecule has 3 nitrogen and oxygen atoms in total. The van der Waals surface area contributed by atoms with Gasteiger partial charge in [0.15, 0.2) is 0 Å². The predicted molar refractivity (Wildman–Crippen MR) is 54.2 cm³/mol. The van der Waals surface area contributed by atoms with Gasteiger partial charge in [-0.15, -0.1) is 12.3 Å². The Labute approximate surface area is 83.5 Å². The van der Waals surface area contributed by atoms with E-state index >= 15 is 0 Å². The van der Waals surface area contributed by atoms with Crippen molar-refractivity contribution in [2.24, 2.45) is 0 Å². The van der Waals surface area contributed by atoms with Crippen molar-refractivity contribution in [3.63, 3.8) is 0 Å². The van der Waals surface area contributed by atoms with Crippen molar-refractivity contribution in [1.29, 1.82) is 0 Å². The summed E-state index contributed by atoms with van der Waals surface area (Å²) in [5.74, 6) is 2.23. The Hall–Kier alpha value is -1.31. The minimum Gasteiger partial charge on any atom is -0.285 e. The van der Waals surface area contributed by atoms with Crippen LogP contribution < -0.4 is 0 Å². The van der Waals surface area contributed by atoms with Gasteiger partial charge in [0.1, 0.15) is 5.25 Å². The molecule has 0 amide bonds. The van der Waals surface area contributed by atoms with Gasteiger partial charge in [-0.25, -0.2) is 0 Å². The Balaban J connectivity index is 3.09. The highest BCUT2D eigenvalue weighted by molar-refractivity contribution is 7.86. The van der Waals surface area contributed by atoms with Crippen molar-refractivity contribution in [2.45, 2.75) is 11.7 Å². The summed E-state index contributed by atoms with van der Waals surface area (Å²) in [4.78, 5) is 0. The summed E-state index contributed by atoms with van der Waals surface area (Å²) >= 11 is 0. The summed E-state index contributed by atoms with van der Waals surface area (Å²) < 4.78 is 30.9. The molecule has 0 bridgehead atoms. The van der Waals surface area contributed by atoms with Crippen LogP contribution >= 0.6 is 0 Å². The second-order valence-electron chi connectivity index (χ2n) is 2.82. The van der Waals surface area contributed by atoms with Gasteiger partial charge in [0.2, 0.25) is 0 Å². The van der Waals surface area contributed by atoms with Crippen LogP contribution in [0.2, 0.25) is 0 Å². The largest absolute Gasteiger partial charge is 0.285 e. The highest BCUT2D eigenvalue weighted by atomic mass is 32.2. The zero-order valence-electron chi connectivity index (χ0n) is 7.42. The average molecular weight is 210 g/mol. The first-order valence-corrected chi connectivity index (χ1v) is 5.50. The molecule has 0 aliphatic carbocycles. The molecule has 0 aliphatic rings. The molecule has 1 aromatic carbocycles. The Morgan fingerprint density at radius 3 is 2.36 bits per heavy atom. The van der Waals surface area contributed by atoms with Crippen LogP contribution in [0, 0.1) is 12.3 Å². The summed E-state index contributed by atoms with van der Waals surface area (Å²) in [6.07, 6.45) is 5.01. The van der Waals surface area contributed by atoms with Crippen LogP contribution in [0.5, 0.6) is 0 Å². The molecule has 14 heavy (non-hydrogen) atoms. The Morgan fingerprint density at radius 2 is 1.93 bits per heavy atom. The third-order valence-electron chi connectivity index (χ3n) is 1.83. The van der Waals surface area contributed by atoms with E-state index in [1.165, 1.54) is 0 Å². The zero-order valence-corrected chi connectivity index (χ0v) is 8.24. The van der Waals surface area contributed by atoms with E-state index < -0.39 is 15.4 Å². The molecule has 1 atom stereocenters. The van der Waals surface area contributed by atoms with Gasteiger partial charge in [0.25, 0.3) is 10.1 Å². The molecule has 4 heteroatoms. The number of terminal acetylenes is 1. The fourth-order valence-electron chi connectivity index (χ4n) is 1.17. The van der Waals surface area contributed by atoms with Crippen molar-refractivity contribution in [3.05, 3.63) is 35.9 Å². The topological polar surface area (TPSA) is 54.4 Å². The maximum atomic E-state index is 11.0. The normalized spacial score (nSPS) is 13.1.